The number of rotatable bonds is 3. The quantitative estimate of drug-likeness (QED) is 0.816. The van der Waals surface area contributed by atoms with Crippen LogP contribution in [0.3, 0.4) is 0 Å². The number of carbonyl (C=O) groups is 1. The van der Waals surface area contributed by atoms with Crippen LogP contribution in [0.2, 0.25) is 0 Å². The summed E-state index contributed by atoms with van der Waals surface area (Å²) in [5.41, 5.74) is 1.48. The van der Waals surface area contributed by atoms with Crippen molar-refractivity contribution in [1.29, 1.82) is 5.26 Å². The summed E-state index contributed by atoms with van der Waals surface area (Å²) in [5.74, 6) is 1.19. The molecular weight excluding hydrogens is 228 g/mol. The summed E-state index contributed by atoms with van der Waals surface area (Å²) < 4.78 is 5.10. The van der Waals surface area contributed by atoms with Crippen LogP contribution < -0.4 is 4.74 Å². The van der Waals surface area contributed by atoms with Gasteiger partial charge in [0.1, 0.15) is 11.8 Å². The van der Waals surface area contributed by atoms with Crippen molar-refractivity contribution in [3.8, 4) is 11.8 Å². The molecule has 18 heavy (non-hydrogen) atoms. The molecule has 0 bridgehead atoms. The molecule has 1 aromatic rings. The maximum atomic E-state index is 11.7. The lowest BCUT2D eigenvalue weighted by atomic mass is 10.1. The zero-order valence-corrected chi connectivity index (χ0v) is 10.6. The highest BCUT2D eigenvalue weighted by atomic mass is 16.5. The van der Waals surface area contributed by atoms with Crippen LogP contribution in [-0.4, -0.2) is 24.5 Å². The van der Waals surface area contributed by atoms with Crippen molar-refractivity contribution in [2.75, 3.05) is 13.7 Å². The van der Waals surface area contributed by atoms with E-state index in [1.54, 1.807) is 19.2 Å². The first-order valence-corrected chi connectivity index (χ1v) is 5.99. The van der Waals surface area contributed by atoms with Crippen molar-refractivity contribution in [3.05, 3.63) is 29.3 Å². The second-order valence-electron chi connectivity index (χ2n) is 4.73. The lowest BCUT2D eigenvalue weighted by molar-refractivity contribution is -0.128. The Kier molecular flexibility index (Phi) is 3.52. The zero-order valence-electron chi connectivity index (χ0n) is 10.6. The van der Waals surface area contributed by atoms with Crippen LogP contribution in [0.25, 0.3) is 0 Å². The first-order valence-electron chi connectivity index (χ1n) is 5.99. The number of methoxy groups -OCH3 is 1. The summed E-state index contributed by atoms with van der Waals surface area (Å²) in [5, 5.41) is 9.02. The maximum absolute atomic E-state index is 11.7. The summed E-state index contributed by atoms with van der Waals surface area (Å²) in [6.45, 7) is 3.45. The Morgan fingerprint density at radius 2 is 2.33 bits per heavy atom. The molecule has 1 atom stereocenters. The highest BCUT2D eigenvalue weighted by Gasteiger charge is 2.26. The van der Waals surface area contributed by atoms with Crippen LogP contribution in [-0.2, 0) is 11.3 Å². The van der Waals surface area contributed by atoms with Crippen molar-refractivity contribution < 1.29 is 9.53 Å². The van der Waals surface area contributed by atoms with Gasteiger partial charge in [-0.15, -0.1) is 0 Å². The molecule has 4 nitrogen and oxygen atoms in total. The first-order chi connectivity index (χ1) is 8.63. The second kappa shape index (κ2) is 5.09. The standard InChI is InChI=1S/C14H16N2O2/c1-10-5-14(17)16(8-10)9-11-3-4-13(18-2)12(6-11)7-15/h3-4,6,10H,5,8-9H2,1-2H3. The molecule has 1 aliphatic rings. The highest BCUT2D eigenvalue weighted by Crippen LogP contribution is 2.23. The van der Waals surface area contributed by atoms with Crippen LogP contribution >= 0.6 is 0 Å². The van der Waals surface area contributed by atoms with Crippen LogP contribution in [0, 0.1) is 17.2 Å². The van der Waals surface area contributed by atoms with Crippen LogP contribution in [0.4, 0.5) is 0 Å². The van der Waals surface area contributed by atoms with E-state index in [9.17, 15) is 4.79 Å². The number of hydrogen-bond acceptors (Lipinski definition) is 3. The van der Waals surface area contributed by atoms with Gasteiger partial charge in [-0.1, -0.05) is 13.0 Å². The molecular formula is C14H16N2O2. The number of nitrogens with zero attached hydrogens (tertiary/aromatic N) is 2. The van der Waals surface area contributed by atoms with E-state index >= 15 is 0 Å². The maximum Gasteiger partial charge on any atom is 0.223 e. The number of hydrogen-bond donors (Lipinski definition) is 0. The minimum atomic E-state index is 0.192. The third-order valence-electron chi connectivity index (χ3n) is 3.17. The molecule has 1 unspecified atom stereocenters. The SMILES string of the molecule is COc1ccc(CN2CC(C)CC2=O)cc1C#N. The van der Waals surface area contributed by atoms with E-state index in [0.29, 0.717) is 30.2 Å². The molecule has 0 saturated carbocycles. The molecule has 4 heteroatoms. The van der Waals surface area contributed by atoms with Crippen molar-refractivity contribution in [3.63, 3.8) is 0 Å². The van der Waals surface area contributed by atoms with E-state index in [1.807, 2.05) is 11.0 Å². The average molecular weight is 244 g/mol. The number of likely N-dealkylation sites (tertiary alicyclic amines) is 1. The molecule has 94 valence electrons. The fourth-order valence-corrected chi connectivity index (χ4v) is 2.28. The Bertz CT molecular complexity index is 505. The van der Waals surface area contributed by atoms with Gasteiger partial charge in [-0.05, 0) is 23.6 Å². The lowest BCUT2D eigenvalue weighted by Gasteiger charge is -2.16. The summed E-state index contributed by atoms with van der Waals surface area (Å²) in [7, 11) is 1.54. The molecule has 0 spiro atoms. The zero-order chi connectivity index (χ0) is 13.1. The van der Waals surface area contributed by atoms with Crippen molar-refractivity contribution >= 4 is 5.91 Å². The minimum Gasteiger partial charge on any atom is -0.495 e. The Morgan fingerprint density at radius 1 is 1.56 bits per heavy atom. The summed E-state index contributed by atoms with van der Waals surface area (Å²) in [4.78, 5) is 13.5. The van der Waals surface area contributed by atoms with Gasteiger partial charge in [0.2, 0.25) is 5.91 Å². The van der Waals surface area contributed by atoms with E-state index in [0.717, 1.165) is 12.1 Å². The lowest BCUT2D eigenvalue weighted by Crippen LogP contribution is -2.24. The highest BCUT2D eigenvalue weighted by molar-refractivity contribution is 5.78. The Labute approximate surface area is 107 Å². The molecule has 1 amide bonds. The topological polar surface area (TPSA) is 53.3 Å². The summed E-state index contributed by atoms with van der Waals surface area (Å²) in [6.07, 6.45) is 0.626. The third-order valence-corrected chi connectivity index (χ3v) is 3.17. The van der Waals surface area contributed by atoms with E-state index in [-0.39, 0.29) is 5.91 Å². The fourth-order valence-electron chi connectivity index (χ4n) is 2.28. The molecule has 0 radical (unpaired) electrons. The number of benzene rings is 1. The normalized spacial score (nSPS) is 18.8. The number of amides is 1. The van der Waals surface area contributed by atoms with Gasteiger partial charge in [-0.2, -0.15) is 5.26 Å². The van der Waals surface area contributed by atoms with Crippen LogP contribution in [0.1, 0.15) is 24.5 Å². The third kappa shape index (κ3) is 2.45. The molecule has 1 aromatic carbocycles. The summed E-state index contributed by atoms with van der Waals surface area (Å²) >= 11 is 0. The van der Waals surface area contributed by atoms with Gasteiger partial charge < -0.3 is 9.64 Å². The monoisotopic (exact) mass is 244 g/mol. The van der Waals surface area contributed by atoms with Gasteiger partial charge in [0, 0.05) is 19.5 Å². The Hall–Kier alpha value is -2.02. The summed E-state index contributed by atoms with van der Waals surface area (Å²) in [6, 6.07) is 7.56. The molecule has 1 saturated heterocycles. The number of carbonyl (C=O) groups excluding carboxylic acids is 1. The molecule has 0 aliphatic carbocycles. The van der Waals surface area contributed by atoms with Gasteiger partial charge in [0.05, 0.1) is 12.7 Å². The molecule has 2 rings (SSSR count). The number of nitriles is 1. The molecule has 1 fully saturated rings. The number of ether oxygens (including phenoxy) is 1. The first kappa shape index (κ1) is 12.4. The van der Waals surface area contributed by atoms with Gasteiger partial charge in [-0.25, -0.2) is 0 Å². The van der Waals surface area contributed by atoms with Crippen molar-refractivity contribution in [2.24, 2.45) is 5.92 Å². The molecule has 0 N–H and O–H groups in total. The largest absolute Gasteiger partial charge is 0.495 e. The molecule has 1 heterocycles. The van der Waals surface area contributed by atoms with Gasteiger partial charge in [-0.3, -0.25) is 4.79 Å². The average Bonchev–Trinajstić information content (AvgIpc) is 2.67. The van der Waals surface area contributed by atoms with Crippen molar-refractivity contribution in [1.82, 2.24) is 4.90 Å². The van der Waals surface area contributed by atoms with Gasteiger partial charge >= 0.3 is 0 Å². The Morgan fingerprint density at radius 3 is 2.89 bits per heavy atom. The van der Waals surface area contributed by atoms with Gasteiger partial charge in [0.25, 0.3) is 0 Å². The minimum absolute atomic E-state index is 0.192. The molecule has 0 aromatic heterocycles. The smallest absolute Gasteiger partial charge is 0.223 e. The Balaban J connectivity index is 2.15. The van der Waals surface area contributed by atoms with E-state index in [1.165, 1.54) is 0 Å². The van der Waals surface area contributed by atoms with Gasteiger partial charge in [0.15, 0.2) is 0 Å². The van der Waals surface area contributed by atoms with E-state index < -0.39 is 0 Å². The van der Waals surface area contributed by atoms with E-state index in [2.05, 4.69) is 13.0 Å². The van der Waals surface area contributed by atoms with Crippen molar-refractivity contribution in [2.45, 2.75) is 19.9 Å². The van der Waals surface area contributed by atoms with E-state index in [4.69, 9.17) is 10.00 Å². The molecule has 1 aliphatic heterocycles. The fraction of sp³-hybridized carbons (Fsp3) is 0.429. The predicted molar refractivity (Wildman–Crippen MR) is 66.9 cm³/mol. The van der Waals surface area contributed by atoms with Crippen LogP contribution in [0.15, 0.2) is 18.2 Å². The van der Waals surface area contributed by atoms with Crippen LogP contribution in [0.5, 0.6) is 5.75 Å². The second-order valence-corrected chi connectivity index (χ2v) is 4.73. The predicted octanol–water partition coefficient (Wildman–Crippen LogP) is 1.94.